The lowest BCUT2D eigenvalue weighted by Crippen LogP contribution is -2.35. The van der Waals surface area contributed by atoms with Crippen molar-refractivity contribution in [1.29, 1.82) is 0 Å². The summed E-state index contributed by atoms with van der Waals surface area (Å²) in [6, 6.07) is 19.4. The summed E-state index contributed by atoms with van der Waals surface area (Å²) in [4.78, 5) is 2.13. The summed E-state index contributed by atoms with van der Waals surface area (Å²) in [5, 5.41) is 10.6. The number of ether oxygens (including phenoxy) is 2. The second-order valence-corrected chi connectivity index (χ2v) is 7.54. The van der Waals surface area contributed by atoms with Gasteiger partial charge in [-0.05, 0) is 53.2 Å². The summed E-state index contributed by atoms with van der Waals surface area (Å²) in [6.45, 7) is 4.43. The molecule has 6 heteroatoms. The predicted octanol–water partition coefficient (Wildman–Crippen LogP) is 4.88. The van der Waals surface area contributed by atoms with Crippen molar-refractivity contribution in [3.8, 4) is 11.5 Å². The molecule has 0 radical (unpaired) electrons. The Balaban J connectivity index is 1.66. The van der Waals surface area contributed by atoms with E-state index in [1.807, 2.05) is 67.6 Å². The number of benzene rings is 2. The molecule has 0 saturated heterocycles. The number of rotatable bonds is 11. The molecule has 29 heavy (non-hydrogen) atoms. The molecule has 5 nitrogen and oxygen atoms in total. The molecule has 1 unspecified atom stereocenters. The SMILES string of the molecule is CCOc1ccccc1CN(Cc1ccco1)CC(O)COc1ccccc1Br. The highest BCUT2D eigenvalue weighted by Crippen LogP contribution is 2.24. The van der Waals surface area contributed by atoms with Crippen molar-refractivity contribution in [2.24, 2.45) is 0 Å². The van der Waals surface area contributed by atoms with E-state index in [0.717, 1.165) is 21.5 Å². The Hall–Kier alpha value is -2.28. The van der Waals surface area contributed by atoms with Gasteiger partial charge in [0, 0.05) is 18.7 Å². The van der Waals surface area contributed by atoms with Gasteiger partial charge in [0.05, 0.1) is 23.9 Å². The Bertz CT molecular complexity index is 869. The highest BCUT2D eigenvalue weighted by Gasteiger charge is 2.17. The molecular weight excluding hydrogens is 434 g/mol. The molecule has 1 N–H and O–H groups in total. The van der Waals surface area contributed by atoms with Crippen LogP contribution >= 0.6 is 15.9 Å². The molecule has 0 spiro atoms. The van der Waals surface area contributed by atoms with Crippen molar-refractivity contribution in [1.82, 2.24) is 4.90 Å². The summed E-state index contributed by atoms with van der Waals surface area (Å²) < 4.78 is 17.9. The van der Waals surface area contributed by atoms with Crippen LogP contribution in [0.4, 0.5) is 0 Å². The third kappa shape index (κ3) is 6.63. The van der Waals surface area contributed by atoms with E-state index in [-0.39, 0.29) is 6.61 Å². The summed E-state index contributed by atoms with van der Waals surface area (Å²) in [5.41, 5.74) is 1.07. The molecule has 0 amide bonds. The number of aliphatic hydroxyl groups excluding tert-OH is 1. The van der Waals surface area contributed by atoms with E-state index in [4.69, 9.17) is 13.9 Å². The molecule has 2 aromatic carbocycles. The fraction of sp³-hybridized carbons (Fsp3) is 0.304. The summed E-state index contributed by atoms with van der Waals surface area (Å²) in [5.74, 6) is 2.42. The van der Waals surface area contributed by atoms with Gasteiger partial charge in [0.25, 0.3) is 0 Å². The Morgan fingerprint density at radius 1 is 0.966 bits per heavy atom. The minimum absolute atomic E-state index is 0.199. The number of hydrogen-bond donors (Lipinski definition) is 1. The predicted molar refractivity (Wildman–Crippen MR) is 116 cm³/mol. The molecule has 0 saturated carbocycles. The lowest BCUT2D eigenvalue weighted by molar-refractivity contribution is 0.0599. The zero-order chi connectivity index (χ0) is 20.5. The van der Waals surface area contributed by atoms with E-state index in [0.29, 0.717) is 32.0 Å². The maximum absolute atomic E-state index is 10.6. The van der Waals surface area contributed by atoms with E-state index in [2.05, 4.69) is 20.8 Å². The van der Waals surface area contributed by atoms with Crippen molar-refractivity contribution < 1.29 is 19.0 Å². The third-order valence-corrected chi connectivity index (χ3v) is 5.02. The molecule has 0 fully saturated rings. The first-order valence-corrected chi connectivity index (χ1v) is 10.5. The van der Waals surface area contributed by atoms with Crippen LogP contribution in [0.1, 0.15) is 18.2 Å². The summed E-state index contributed by atoms with van der Waals surface area (Å²) in [7, 11) is 0. The second kappa shape index (κ2) is 11.0. The Labute approximate surface area is 180 Å². The molecule has 3 rings (SSSR count). The quantitative estimate of drug-likeness (QED) is 0.442. The van der Waals surface area contributed by atoms with Crippen LogP contribution < -0.4 is 9.47 Å². The van der Waals surface area contributed by atoms with Gasteiger partial charge >= 0.3 is 0 Å². The second-order valence-electron chi connectivity index (χ2n) is 6.68. The fourth-order valence-electron chi connectivity index (χ4n) is 3.08. The molecule has 0 bridgehead atoms. The number of furan rings is 1. The van der Waals surface area contributed by atoms with Gasteiger partial charge in [-0.25, -0.2) is 0 Å². The zero-order valence-corrected chi connectivity index (χ0v) is 18.0. The van der Waals surface area contributed by atoms with Crippen LogP contribution in [0.2, 0.25) is 0 Å². The van der Waals surface area contributed by atoms with Gasteiger partial charge < -0.3 is 19.0 Å². The first-order valence-electron chi connectivity index (χ1n) is 9.66. The van der Waals surface area contributed by atoms with Crippen LogP contribution in [0.5, 0.6) is 11.5 Å². The highest BCUT2D eigenvalue weighted by molar-refractivity contribution is 9.10. The zero-order valence-electron chi connectivity index (χ0n) is 16.5. The van der Waals surface area contributed by atoms with Gasteiger partial charge in [-0.1, -0.05) is 30.3 Å². The smallest absolute Gasteiger partial charge is 0.133 e. The molecular formula is C23H26BrNO4. The molecule has 0 aliphatic heterocycles. The van der Waals surface area contributed by atoms with Crippen molar-refractivity contribution in [2.45, 2.75) is 26.1 Å². The number of hydrogen-bond acceptors (Lipinski definition) is 5. The van der Waals surface area contributed by atoms with E-state index < -0.39 is 6.10 Å². The minimum Gasteiger partial charge on any atom is -0.494 e. The van der Waals surface area contributed by atoms with Gasteiger partial charge in [0.15, 0.2) is 0 Å². The molecule has 1 heterocycles. The lowest BCUT2D eigenvalue weighted by atomic mass is 10.1. The summed E-state index contributed by atoms with van der Waals surface area (Å²) in [6.07, 6.45) is 1.00. The number of para-hydroxylation sites is 2. The fourth-order valence-corrected chi connectivity index (χ4v) is 3.48. The van der Waals surface area contributed by atoms with Gasteiger partial charge in [0.2, 0.25) is 0 Å². The lowest BCUT2D eigenvalue weighted by Gasteiger charge is -2.25. The Morgan fingerprint density at radius 2 is 1.72 bits per heavy atom. The Morgan fingerprint density at radius 3 is 2.45 bits per heavy atom. The third-order valence-electron chi connectivity index (χ3n) is 4.36. The van der Waals surface area contributed by atoms with Crippen LogP contribution in [0.3, 0.4) is 0 Å². The highest BCUT2D eigenvalue weighted by atomic mass is 79.9. The van der Waals surface area contributed by atoms with Crippen molar-refractivity contribution in [3.05, 3.63) is 82.7 Å². The molecule has 154 valence electrons. The van der Waals surface area contributed by atoms with Gasteiger partial charge in [-0.2, -0.15) is 0 Å². The molecule has 0 aliphatic carbocycles. The topological polar surface area (TPSA) is 55.1 Å². The van der Waals surface area contributed by atoms with Crippen LogP contribution in [-0.2, 0) is 13.1 Å². The number of halogens is 1. The number of aliphatic hydroxyl groups is 1. The molecule has 0 aliphatic rings. The van der Waals surface area contributed by atoms with Crippen molar-refractivity contribution in [3.63, 3.8) is 0 Å². The van der Waals surface area contributed by atoms with Crippen molar-refractivity contribution >= 4 is 15.9 Å². The largest absolute Gasteiger partial charge is 0.494 e. The maximum Gasteiger partial charge on any atom is 0.133 e. The average Bonchev–Trinajstić information content (AvgIpc) is 3.22. The van der Waals surface area contributed by atoms with E-state index in [1.54, 1.807) is 6.26 Å². The Kier molecular flexibility index (Phi) is 8.16. The number of nitrogens with zero attached hydrogens (tertiary/aromatic N) is 1. The van der Waals surface area contributed by atoms with Crippen molar-refractivity contribution in [2.75, 3.05) is 19.8 Å². The minimum atomic E-state index is -0.656. The van der Waals surface area contributed by atoms with Crippen LogP contribution in [-0.4, -0.2) is 35.9 Å². The van der Waals surface area contributed by atoms with Crippen LogP contribution in [0.15, 0.2) is 75.8 Å². The monoisotopic (exact) mass is 459 g/mol. The first-order chi connectivity index (χ1) is 14.2. The van der Waals surface area contributed by atoms with Crippen LogP contribution in [0, 0.1) is 0 Å². The van der Waals surface area contributed by atoms with Gasteiger partial charge in [-0.3, -0.25) is 4.90 Å². The van der Waals surface area contributed by atoms with Gasteiger partial charge in [0.1, 0.15) is 30.0 Å². The molecule has 3 aromatic rings. The maximum atomic E-state index is 10.6. The summed E-state index contributed by atoms with van der Waals surface area (Å²) >= 11 is 3.46. The molecule has 1 atom stereocenters. The van der Waals surface area contributed by atoms with E-state index in [9.17, 15) is 5.11 Å². The van der Waals surface area contributed by atoms with Crippen LogP contribution in [0.25, 0.3) is 0 Å². The normalized spacial score (nSPS) is 12.1. The standard InChI is InChI=1S/C23H26BrNO4/c1-2-27-22-11-5-3-8-18(22)14-25(16-20-9-7-13-28-20)15-19(26)17-29-23-12-6-4-10-21(23)24/h3-13,19,26H,2,14-17H2,1H3. The molecule has 1 aromatic heterocycles. The average molecular weight is 460 g/mol. The van der Waals surface area contributed by atoms with Gasteiger partial charge in [-0.15, -0.1) is 0 Å². The van der Waals surface area contributed by atoms with E-state index in [1.165, 1.54) is 0 Å². The first kappa shape index (κ1) is 21.4. The van der Waals surface area contributed by atoms with E-state index >= 15 is 0 Å².